The normalized spacial score (nSPS) is 11.5. The van der Waals surface area contributed by atoms with Gasteiger partial charge in [-0.25, -0.2) is 14.8 Å². The van der Waals surface area contributed by atoms with Crippen LogP contribution in [0.2, 0.25) is 0 Å². The van der Waals surface area contributed by atoms with Gasteiger partial charge < -0.3 is 16.0 Å². The SMILES string of the molecule is CC(NC(=O)NCCNc1ncccn1)c1cccnc1. The fraction of sp³-hybridized carbons (Fsp3) is 0.286. The van der Waals surface area contributed by atoms with Gasteiger partial charge in [-0.15, -0.1) is 0 Å². The molecule has 0 radical (unpaired) electrons. The third-order valence-corrected chi connectivity index (χ3v) is 2.79. The molecule has 0 aliphatic rings. The van der Waals surface area contributed by atoms with E-state index in [0.29, 0.717) is 19.0 Å². The van der Waals surface area contributed by atoms with Crippen molar-refractivity contribution in [2.75, 3.05) is 18.4 Å². The minimum absolute atomic E-state index is 0.0934. The average Bonchev–Trinajstić information content (AvgIpc) is 2.53. The van der Waals surface area contributed by atoms with E-state index >= 15 is 0 Å². The van der Waals surface area contributed by atoms with E-state index < -0.39 is 0 Å². The van der Waals surface area contributed by atoms with Crippen molar-refractivity contribution in [3.05, 3.63) is 48.5 Å². The zero-order valence-electron chi connectivity index (χ0n) is 11.8. The number of carbonyl (C=O) groups excluding carboxylic acids is 1. The van der Waals surface area contributed by atoms with Crippen LogP contribution in [0.5, 0.6) is 0 Å². The van der Waals surface area contributed by atoms with Crippen molar-refractivity contribution in [1.82, 2.24) is 25.6 Å². The summed E-state index contributed by atoms with van der Waals surface area (Å²) in [5.74, 6) is 0.545. The summed E-state index contributed by atoms with van der Waals surface area (Å²) in [7, 11) is 0. The summed E-state index contributed by atoms with van der Waals surface area (Å²) in [4.78, 5) is 23.8. The lowest BCUT2D eigenvalue weighted by atomic mass is 10.1. The molecule has 0 fully saturated rings. The van der Waals surface area contributed by atoms with Gasteiger partial charge in [0.2, 0.25) is 5.95 Å². The quantitative estimate of drug-likeness (QED) is 0.697. The van der Waals surface area contributed by atoms with Crippen LogP contribution in [0.1, 0.15) is 18.5 Å². The Morgan fingerprint density at radius 3 is 2.71 bits per heavy atom. The van der Waals surface area contributed by atoms with Gasteiger partial charge in [-0.2, -0.15) is 0 Å². The second-order valence-corrected chi connectivity index (χ2v) is 4.41. The molecule has 2 rings (SSSR count). The van der Waals surface area contributed by atoms with Crippen molar-refractivity contribution in [1.29, 1.82) is 0 Å². The maximum Gasteiger partial charge on any atom is 0.315 e. The Balaban J connectivity index is 1.66. The number of nitrogens with zero attached hydrogens (tertiary/aromatic N) is 3. The highest BCUT2D eigenvalue weighted by Gasteiger charge is 2.08. The Morgan fingerprint density at radius 2 is 2.00 bits per heavy atom. The lowest BCUT2D eigenvalue weighted by Gasteiger charge is -2.14. The molecule has 7 heteroatoms. The van der Waals surface area contributed by atoms with Crippen LogP contribution in [0, 0.1) is 0 Å². The molecule has 0 spiro atoms. The van der Waals surface area contributed by atoms with E-state index in [2.05, 4.69) is 30.9 Å². The summed E-state index contributed by atoms with van der Waals surface area (Å²) < 4.78 is 0. The highest BCUT2D eigenvalue weighted by atomic mass is 16.2. The molecule has 1 atom stereocenters. The first-order valence-corrected chi connectivity index (χ1v) is 6.71. The Morgan fingerprint density at radius 1 is 1.19 bits per heavy atom. The highest BCUT2D eigenvalue weighted by Crippen LogP contribution is 2.08. The highest BCUT2D eigenvalue weighted by molar-refractivity contribution is 5.74. The molecule has 2 aromatic heterocycles. The van der Waals surface area contributed by atoms with Gasteiger partial charge in [0.05, 0.1) is 6.04 Å². The van der Waals surface area contributed by atoms with Crippen LogP contribution in [0.25, 0.3) is 0 Å². The number of urea groups is 1. The van der Waals surface area contributed by atoms with Gasteiger partial charge >= 0.3 is 6.03 Å². The number of rotatable bonds is 6. The third kappa shape index (κ3) is 5.06. The predicted molar refractivity (Wildman–Crippen MR) is 79.7 cm³/mol. The molecule has 2 heterocycles. The molecule has 0 saturated carbocycles. The summed E-state index contributed by atoms with van der Waals surface area (Å²) in [5.41, 5.74) is 0.962. The van der Waals surface area contributed by atoms with Gasteiger partial charge in [-0.05, 0) is 24.6 Å². The first-order valence-electron chi connectivity index (χ1n) is 6.71. The van der Waals surface area contributed by atoms with Gasteiger partial charge in [-0.1, -0.05) is 6.07 Å². The van der Waals surface area contributed by atoms with Crippen molar-refractivity contribution in [3.8, 4) is 0 Å². The molecule has 0 aromatic carbocycles. The molecule has 2 aromatic rings. The Hall–Kier alpha value is -2.70. The van der Waals surface area contributed by atoms with E-state index in [9.17, 15) is 4.79 Å². The number of hydrogen-bond acceptors (Lipinski definition) is 5. The molecular formula is C14H18N6O. The van der Waals surface area contributed by atoms with Crippen LogP contribution in [-0.4, -0.2) is 34.1 Å². The van der Waals surface area contributed by atoms with E-state index in [4.69, 9.17) is 0 Å². The molecule has 3 N–H and O–H groups in total. The van der Waals surface area contributed by atoms with Gasteiger partial charge in [0.1, 0.15) is 0 Å². The largest absolute Gasteiger partial charge is 0.352 e. The lowest BCUT2D eigenvalue weighted by molar-refractivity contribution is 0.238. The number of anilines is 1. The Kier molecular flexibility index (Phi) is 5.45. The summed E-state index contributed by atoms with van der Waals surface area (Å²) in [6, 6.07) is 5.20. The minimum atomic E-state index is -0.220. The molecular weight excluding hydrogens is 268 g/mol. The lowest BCUT2D eigenvalue weighted by Crippen LogP contribution is -2.39. The average molecular weight is 286 g/mol. The van der Waals surface area contributed by atoms with Crippen LogP contribution in [-0.2, 0) is 0 Å². The van der Waals surface area contributed by atoms with Crippen LogP contribution in [0.15, 0.2) is 43.0 Å². The number of pyridine rings is 1. The monoisotopic (exact) mass is 286 g/mol. The zero-order chi connectivity index (χ0) is 14.9. The Labute approximate surface area is 123 Å². The van der Waals surface area contributed by atoms with E-state index in [0.717, 1.165) is 5.56 Å². The van der Waals surface area contributed by atoms with Crippen molar-refractivity contribution in [2.24, 2.45) is 0 Å². The zero-order valence-corrected chi connectivity index (χ0v) is 11.8. The van der Waals surface area contributed by atoms with Gasteiger partial charge in [0.15, 0.2) is 0 Å². The first-order chi connectivity index (χ1) is 10.3. The molecule has 0 aliphatic carbocycles. The second kappa shape index (κ2) is 7.78. The fourth-order valence-electron chi connectivity index (χ4n) is 1.70. The Bertz CT molecular complexity index is 548. The summed E-state index contributed by atoms with van der Waals surface area (Å²) in [6.45, 7) is 2.94. The third-order valence-electron chi connectivity index (χ3n) is 2.79. The smallest absolute Gasteiger partial charge is 0.315 e. The van der Waals surface area contributed by atoms with Crippen molar-refractivity contribution in [3.63, 3.8) is 0 Å². The topological polar surface area (TPSA) is 91.8 Å². The van der Waals surface area contributed by atoms with Crippen LogP contribution < -0.4 is 16.0 Å². The number of hydrogen-bond donors (Lipinski definition) is 3. The standard InChI is InChI=1S/C14H18N6O/c1-11(12-4-2-5-15-10-12)20-14(21)19-9-8-18-13-16-6-3-7-17-13/h2-7,10-11H,8-9H2,1H3,(H,16,17,18)(H2,19,20,21). The van der Waals surface area contributed by atoms with Gasteiger partial charge in [0.25, 0.3) is 0 Å². The van der Waals surface area contributed by atoms with E-state index in [1.807, 2.05) is 19.1 Å². The first kappa shape index (κ1) is 14.7. The number of carbonyl (C=O) groups is 1. The maximum absolute atomic E-state index is 11.7. The van der Waals surface area contributed by atoms with Crippen molar-refractivity contribution < 1.29 is 4.79 Å². The van der Waals surface area contributed by atoms with Crippen LogP contribution in [0.4, 0.5) is 10.7 Å². The predicted octanol–water partition coefficient (Wildman–Crippen LogP) is 1.34. The summed E-state index contributed by atoms with van der Waals surface area (Å²) >= 11 is 0. The number of nitrogens with one attached hydrogen (secondary N) is 3. The summed E-state index contributed by atoms with van der Waals surface area (Å²) in [6.07, 6.45) is 6.75. The van der Waals surface area contributed by atoms with Crippen LogP contribution in [0.3, 0.4) is 0 Å². The molecule has 1 unspecified atom stereocenters. The van der Waals surface area contributed by atoms with E-state index in [1.165, 1.54) is 0 Å². The second-order valence-electron chi connectivity index (χ2n) is 4.41. The molecule has 0 aliphatic heterocycles. The molecule has 2 amide bonds. The van der Waals surface area contributed by atoms with E-state index in [-0.39, 0.29) is 12.1 Å². The van der Waals surface area contributed by atoms with E-state index in [1.54, 1.807) is 30.9 Å². The van der Waals surface area contributed by atoms with Gasteiger partial charge in [-0.3, -0.25) is 4.98 Å². The summed E-state index contributed by atoms with van der Waals surface area (Å²) in [5, 5.41) is 8.62. The number of aromatic nitrogens is 3. The molecule has 0 saturated heterocycles. The molecule has 21 heavy (non-hydrogen) atoms. The van der Waals surface area contributed by atoms with Crippen LogP contribution >= 0.6 is 0 Å². The minimum Gasteiger partial charge on any atom is -0.352 e. The molecule has 7 nitrogen and oxygen atoms in total. The van der Waals surface area contributed by atoms with Crippen molar-refractivity contribution >= 4 is 12.0 Å². The maximum atomic E-state index is 11.7. The fourth-order valence-corrected chi connectivity index (χ4v) is 1.70. The molecule has 110 valence electrons. The van der Waals surface area contributed by atoms with Gasteiger partial charge in [0, 0.05) is 37.9 Å². The number of amides is 2. The van der Waals surface area contributed by atoms with Crippen molar-refractivity contribution in [2.45, 2.75) is 13.0 Å². The molecule has 0 bridgehead atoms.